The summed E-state index contributed by atoms with van der Waals surface area (Å²) in [5, 5.41) is 5.04. The Balaban J connectivity index is 0.000000186. The molecule has 0 radical (unpaired) electrons. The third kappa shape index (κ3) is 7.14. The van der Waals surface area contributed by atoms with Crippen LogP contribution < -0.4 is 0 Å². The minimum atomic E-state index is -0.658. The number of fused-ring (bicyclic) bond motifs is 1. The van der Waals surface area contributed by atoms with E-state index in [1.165, 1.54) is 28.7 Å². The van der Waals surface area contributed by atoms with Crippen LogP contribution in [-0.4, -0.2) is 50.1 Å². The summed E-state index contributed by atoms with van der Waals surface area (Å²) in [4.78, 5) is 46.2. The van der Waals surface area contributed by atoms with Crippen LogP contribution in [0.5, 0.6) is 0 Å². The average molecular weight is 575 g/mol. The van der Waals surface area contributed by atoms with Crippen LogP contribution in [0.2, 0.25) is 0 Å². The Bertz CT molecular complexity index is 1640. The Morgan fingerprint density at radius 1 is 1.00 bits per heavy atom. The first-order valence-corrected chi connectivity index (χ1v) is 13.5. The van der Waals surface area contributed by atoms with Crippen molar-refractivity contribution in [2.24, 2.45) is 5.11 Å². The lowest BCUT2D eigenvalue weighted by molar-refractivity contribution is -0.138. The fraction of sp³-hybridized carbons (Fsp3) is 0.154. The molecule has 1 N–H and O–H groups in total. The van der Waals surface area contributed by atoms with Gasteiger partial charge in [-0.25, -0.2) is 19.6 Å². The highest BCUT2D eigenvalue weighted by molar-refractivity contribution is 7.21. The fourth-order valence-electron chi connectivity index (χ4n) is 3.25. The molecule has 0 atom stereocenters. The van der Waals surface area contributed by atoms with Crippen molar-refractivity contribution in [3.63, 3.8) is 0 Å². The van der Waals surface area contributed by atoms with Crippen molar-refractivity contribution in [1.29, 1.82) is 0 Å². The predicted octanol–water partition coefficient (Wildman–Crippen LogP) is 6.28. The second kappa shape index (κ2) is 13.8. The van der Waals surface area contributed by atoms with Crippen molar-refractivity contribution < 1.29 is 19.1 Å². The number of pyridine rings is 2. The van der Waals surface area contributed by atoms with Gasteiger partial charge in [-0.3, -0.25) is 9.97 Å². The molecule has 40 heavy (non-hydrogen) atoms. The molecule has 5 heterocycles. The number of esters is 2. The van der Waals surface area contributed by atoms with Gasteiger partial charge in [0.25, 0.3) is 0 Å². The van der Waals surface area contributed by atoms with E-state index in [-0.39, 0.29) is 18.3 Å². The second-order valence-electron chi connectivity index (χ2n) is 7.61. The molecule has 0 saturated carbocycles. The second-order valence-corrected chi connectivity index (χ2v) is 9.71. The zero-order valence-corrected chi connectivity index (χ0v) is 23.0. The fourth-order valence-corrected chi connectivity index (χ4v) is 5.08. The minimum Gasteiger partial charge on any atom is -0.462 e. The molecule has 0 fully saturated rings. The summed E-state index contributed by atoms with van der Waals surface area (Å²) in [6, 6.07) is 9.27. The van der Waals surface area contributed by atoms with E-state index in [2.05, 4.69) is 34.9 Å². The smallest absolute Gasteiger partial charge is 0.354 e. The first-order chi connectivity index (χ1) is 19.5. The van der Waals surface area contributed by atoms with Gasteiger partial charge >= 0.3 is 11.9 Å². The van der Waals surface area contributed by atoms with Gasteiger partial charge < -0.3 is 14.5 Å². The minimum absolute atomic E-state index is 0.0933. The molecule has 0 aromatic carbocycles. The van der Waals surface area contributed by atoms with Crippen molar-refractivity contribution in [2.75, 3.05) is 13.2 Å². The Labute approximate surface area is 236 Å². The molecule has 12 nitrogen and oxygen atoms in total. The molecule has 0 aliphatic rings. The first-order valence-electron chi connectivity index (χ1n) is 11.9. The third-order valence-corrected chi connectivity index (χ3v) is 7.02. The van der Waals surface area contributed by atoms with Crippen LogP contribution >= 0.6 is 22.7 Å². The molecule has 5 aromatic rings. The molecule has 0 aliphatic heterocycles. The monoisotopic (exact) mass is 574 g/mol. The van der Waals surface area contributed by atoms with Gasteiger partial charge in [0, 0.05) is 51.9 Å². The normalized spacial score (nSPS) is 10.8. The molecule has 14 heteroatoms. The van der Waals surface area contributed by atoms with Crippen LogP contribution in [0.3, 0.4) is 0 Å². The van der Waals surface area contributed by atoms with E-state index >= 15 is 0 Å². The van der Waals surface area contributed by atoms with Gasteiger partial charge in [0.2, 0.25) is 0 Å². The van der Waals surface area contributed by atoms with Crippen LogP contribution in [0.1, 0.15) is 29.2 Å². The van der Waals surface area contributed by atoms with Crippen LogP contribution in [0, 0.1) is 0 Å². The van der Waals surface area contributed by atoms with Gasteiger partial charge in [-0.2, -0.15) is 0 Å². The molecule has 5 aromatic heterocycles. The zero-order valence-electron chi connectivity index (χ0n) is 21.3. The summed E-state index contributed by atoms with van der Waals surface area (Å²) in [5.41, 5.74) is 11.5. The van der Waals surface area contributed by atoms with E-state index in [0.29, 0.717) is 22.8 Å². The lowest BCUT2D eigenvalue weighted by atomic mass is 10.3. The number of nitrogens with zero attached hydrogens (tertiary/aromatic N) is 7. The average Bonchev–Trinajstić information content (AvgIpc) is 3.70. The summed E-state index contributed by atoms with van der Waals surface area (Å²) in [7, 11) is 0. The van der Waals surface area contributed by atoms with Crippen molar-refractivity contribution in [3.05, 3.63) is 88.0 Å². The van der Waals surface area contributed by atoms with Gasteiger partial charge in [0.1, 0.15) is 27.1 Å². The summed E-state index contributed by atoms with van der Waals surface area (Å²) in [5.74, 6) is -1.01. The maximum absolute atomic E-state index is 11.6. The number of ether oxygens (including phenoxy) is 2. The summed E-state index contributed by atoms with van der Waals surface area (Å²) >= 11 is 2.90. The van der Waals surface area contributed by atoms with Crippen LogP contribution in [0.25, 0.3) is 48.0 Å². The number of hydrogen-bond donors (Lipinski definition) is 1. The van der Waals surface area contributed by atoms with Crippen LogP contribution in [0.4, 0.5) is 0 Å². The Morgan fingerprint density at radius 3 is 2.25 bits per heavy atom. The topological polar surface area (TPSA) is 169 Å². The van der Waals surface area contributed by atoms with Crippen molar-refractivity contribution in [3.8, 4) is 21.1 Å². The van der Waals surface area contributed by atoms with Crippen molar-refractivity contribution in [1.82, 2.24) is 24.9 Å². The van der Waals surface area contributed by atoms with E-state index in [1.807, 2.05) is 24.3 Å². The van der Waals surface area contributed by atoms with E-state index in [4.69, 9.17) is 15.0 Å². The number of azide groups is 1. The van der Waals surface area contributed by atoms with Crippen molar-refractivity contribution >= 4 is 51.0 Å². The molecule has 0 saturated heterocycles. The molecule has 0 aliphatic carbocycles. The standard InChI is InChI=1S/C13H11N5O2S.C13H11N3O2S/c1-2-20-13(19)11(17-18-14)7-10-8-16-12(21-10)9-3-5-15-6-4-9;1-2-18-13(17)9-7-10-11(15-9)16-12(19-10)8-3-5-14-6-4-8/h3-8H,2H2,1H3;3-7,15H,2H2,1H3/b11-7-;. The van der Waals surface area contributed by atoms with Crippen LogP contribution in [-0.2, 0) is 14.3 Å². The maximum Gasteiger partial charge on any atom is 0.354 e. The number of carbonyl (C=O) groups is 2. The first kappa shape index (κ1) is 28.1. The number of H-pyrrole nitrogens is 1. The lowest BCUT2D eigenvalue weighted by Gasteiger charge is -1.99. The molecule has 0 bridgehead atoms. The maximum atomic E-state index is 11.6. The van der Waals surface area contributed by atoms with Gasteiger partial charge in [0.05, 0.1) is 17.9 Å². The third-order valence-electron chi connectivity index (χ3n) is 4.97. The largest absolute Gasteiger partial charge is 0.462 e. The van der Waals surface area contributed by atoms with Gasteiger partial charge in [0.15, 0.2) is 0 Å². The summed E-state index contributed by atoms with van der Waals surface area (Å²) in [6.45, 7) is 4.03. The Hall–Kier alpha value is -4.91. The summed E-state index contributed by atoms with van der Waals surface area (Å²) < 4.78 is 10.7. The number of thiazole rings is 2. The van der Waals surface area contributed by atoms with Gasteiger partial charge in [-0.15, -0.1) is 22.7 Å². The number of hydrogen-bond acceptors (Lipinski definition) is 11. The van der Waals surface area contributed by atoms with E-state index in [9.17, 15) is 9.59 Å². The van der Waals surface area contributed by atoms with Crippen molar-refractivity contribution in [2.45, 2.75) is 13.8 Å². The van der Waals surface area contributed by atoms with Gasteiger partial charge in [-0.1, -0.05) is 5.11 Å². The SMILES string of the molecule is CCOC(=O)/C(=C/c1cnc(-c2ccncc2)s1)N=[N+]=[N-].CCOC(=O)c1cc2sc(-c3ccncc3)nc2[nH]1. The van der Waals surface area contributed by atoms with Crippen LogP contribution in [0.15, 0.2) is 72.1 Å². The molecule has 202 valence electrons. The molecule has 5 rings (SSSR count). The Morgan fingerprint density at radius 2 is 1.65 bits per heavy atom. The highest BCUT2D eigenvalue weighted by atomic mass is 32.1. The Kier molecular flexibility index (Phi) is 9.67. The molecule has 0 spiro atoms. The number of aromatic nitrogens is 5. The van der Waals surface area contributed by atoms with E-state index in [1.54, 1.807) is 50.9 Å². The zero-order chi connectivity index (χ0) is 28.3. The highest BCUT2D eigenvalue weighted by Gasteiger charge is 2.14. The molecule has 0 amide bonds. The predicted molar refractivity (Wildman–Crippen MR) is 152 cm³/mol. The number of nitrogens with one attached hydrogen (secondary N) is 1. The lowest BCUT2D eigenvalue weighted by Crippen LogP contribution is -2.05. The van der Waals surface area contributed by atoms with Gasteiger partial charge in [-0.05, 0) is 55.8 Å². The number of aromatic amines is 1. The number of carbonyl (C=O) groups excluding carboxylic acids is 2. The quantitative estimate of drug-likeness (QED) is 0.0742. The van der Waals surface area contributed by atoms with E-state index in [0.717, 1.165) is 25.8 Å². The molecular formula is C26H22N8O4S2. The molecule has 0 unspecified atom stereocenters. The van der Waals surface area contributed by atoms with E-state index < -0.39 is 5.97 Å². The molecular weight excluding hydrogens is 552 g/mol. The number of rotatable bonds is 8. The summed E-state index contributed by atoms with van der Waals surface area (Å²) in [6.07, 6.45) is 9.88. The highest BCUT2D eigenvalue weighted by Crippen LogP contribution is 2.30.